The molecule has 5 nitrogen and oxygen atoms in total. The summed E-state index contributed by atoms with van der Waals surface area (Å²) in [5.74, 6) is -0.0669. The van der Waals surface area contributed by atoms with Crippen LogP contribution in [0.25, 0.3) is 0 Å². The third-order valence-corrected chi connectivity index (χ3v) is 4.34. The molecule has 1 aromatic rings. The molecule has 0 N–H and O–H groups in total. The quantitative estimate of drug-likeness (QED) is 0.796. The van der Waals surface area contributed by atoms with Crippen LogP contribution in [0.2, 0.25) is 0 Å². The van der Waals surface area contributed by atoms with Gasteiger partial charge in [-0.3, -0.25) is 14.6 Å². The first-order valence-corrected chi connectivity index (χ1v) is 8.09. The van der Waals surface area contributed by atoms with E-state index in [-0.39, 0.29) is 11.8 Å². The lowest BCUT2D eigenvalue weighted by atomic mass is 9.99. The van der Waals surface area contributed by atoms with Gasteiger partial charge in [-0.2, -0.15) is 0 Å². The van der Waals surface area contributed by atoms with Gasteiger partial charge in [-0.15, -0.1) is 0 Å². The molecule has 22 heavy (non-hydrogen) atoms. The highest BCUT2D eigenvalue weighted by atomic mass is 16.2. The number of likely N-dealkylation sites (tertiary alicyclic amines) is 1. The predicted octanol–water partition coefficient (Wildman–Crippen LogP) is 1.73. The number of carbonyl (C=O) groups is 2. The molecule has 0 atom stereocenters. The molecule has 1 aliphatic rings. The second-order valence-electron chi connectivity index (χ2n) is 5.97. The van der Waals surface area contributed by atoms with Crippen LogP contribution in [0, 0.1) is 5.92 Å². The molecule has 5 heteroatoms. The molecule has 120 valence electrons. The maximum atomic E-state index is 12.4. The Bertz CT molecular complexity index is 496. The first-order valence-electron chi connectivity index (χ1n) is 8.09. The molecule has 0 spiro atoms. The zero-order valence-corrected chi connectivity index (χ0v) is 13.5. The summed E-state index contributed by atoms with van der Waals surface area (Å²) >= 11 is 0. The molecule has 2 amide bonds. The molecule has 1 aromatic heterocycles. The summed E-state index contributed by atoms with van der Waals surface area (Å²) in [6.45, 7) is 6.63. The number of rotatable bonds is 4. The van der Waals surface area contributed by atoms with Crippen LogP contribution in [0.5, 0.6) is 0 Å². The van der Waals surface area contributed by atoms with Crippen molar-refractivity contribution in [2.75, 3.05) is 26.2 Å². The number of carbonyl (C=O) groups excluding carboxylic acids is 2. The minimum Gasteiger partial charge on any atom is -0.334 e. The van der Waals surface area contributed by atoms with Crippen LogP contribution in [0.4, 0.5) is 0 Å². The first-order chi connectivity index (χ1) is 10.6. The number of likely N-dealkylation sites (N-methyl/N-ethyl adjacent to an activating group) is 1. The van der Waals surface area contributed by atoms with Crippen molar-refractivity contribution in [1.82, 2.24) is 14.8 Å². The number of aromatic nitrogens is 1. The molecule has 1 saturated heterocycles. The molecule has 1 aliphatic heterocycles. The number of amides is 2. The lowest BCUT2D eigenvalue weighted by Gasteiger charge is -2.31. The largest absolute Gasteiger partial charge is 0.334 e. The van der Waals surface area contributed by atoms with Crippen LogP contribution in [-0.2, 0) is 16.0 Å². The van der Waals surface area contributed by atoms with E-state index in [0.717, 1.165) is 24.8 Å². The summed E-state index contributed by atoms with van der Waals surface area (Å²) in [6, 6.07) is 3.87. The Morgan fingerprint density at radius 1 is 1.27 bits per heavy atom. The van der Waals surface area contributed by atoms with E-state index in [1.54, 1.807) is 22.2 Å². The van der Waals surface area contributed by atoms with Gasteiger partial charge in [0.2, 0.25) is 0 Å². The van der Waals surface area contributed by atoms with Crippen molar-refractivity contribution >= 4 is 11.8 Å². The molecular weight excluding hydrogens is 278 g/mol. The fourth-order valence-corrected chi connectivity index (χ4v) is 2.70. The van der Waals surface area contributed by atoms with Crippen LogP contribution in [0.3, 0.4) is 0 Å². The van der Waals surface area contributed by atoms with E-state index in [1.165, 1.54) is 0 Å². The lowest BCUT2D eigenvalue weighted by molar-refractivity contribution is -0.152. The molecular formula is C17H25N3O2. The van der Waals surface area contributed by atoms with E-state index in [2.05, 4.69) is 11.9 Å². The highest BCUT2D eigenvalue weighted by molar-refractivity contribution is 6.34. The lowest BCUT2D eigenvalue weighted by Crippen LogP contribution is -2.48. The molecule has 0 aromatic carbocycles. The molecule has 2 heterocycles. The van der Waals surface area contributed by atoms with Crippen molar-refractivity contribution in [3.8, 4) is 0 Å². The van der Waals surface area contributed by atoms with Crippen molar-refractivity contribution < 1.29 is 9.59 Å². The van der Waals surface area contributed by atoms with E-state index < -0.39 is 0 Å². The zero-order chi connectivity index (χ0) is 15.9. The van der Waals surface area contributed by atoms with Gasteiger partial charge in [0.1, 0.15) is 0 Å². The number of hydrogen-bond donors (Lipinski definition) is 0. The second-order valence-corrected chi connectivity index (χ2v) is 5.97. The van der Waals surface area contributed by atoms with Crippen molar-refractivity contribution in [1.29, 1.82) is 0 Å². The van der Waals surface area contributed by atoms with Crippen LogP contribution < -0.4 is 0 Å². The fourth-order valence-electron chi connectivity index (χ4n) is 2.70. The van der Waals surface area contributed by atoms with Crippen molar-refractivity contribution in [3.63, 3.8) is 0 Å². The Morgan fingerprint density at radius 2 is 1.91 bits per heavy atom. The minimum atomic E-state index is -0.369. The summed E-state index contributed by atoms with van der Waals surface area (Å²) in [5, 5.41) is 0. The Balaban J connectivity index is 1.89. The van der Waals surface area contributed by atoms with E-state index in [0.29, 0.717) is 32.1 Å². The van der Waals surface area contributed by atoms with Gasteiger partial charge >= 0.3 is 11.8 Å². The summed E-state index contributed by atoms with van der Waals surface area (Å²) in [7, 11) is 0. The summed E-state index contributed by atoms with van der Waals surface area (Å²) in [5.41, 5.74) is 1.13. The Morgan fingerprint density at radius 3 is 2.50 bits per heavy atom. The van der Waals surface area contributed by atoms with Crippen LogP contribution in [0.1, 0.15) is 32.3 Å². The van der Waals surface area contributed by atoms with Crippen LogP contribution >= 0.6 is 0 Å². The Labute approximate surface area is 132 Å². The van der Waals surface area contributed by atoms with Gasteiger partial charge in [0.05, 0.1) is 0 Å². The standard InChI is InChI=1S/C17H25N3O2/c1-3-19(13-8-15-4-9-18-10-5-15)16(21)17(22)20-11-6-14(2)7-12-20/h4-5,9-10,14H,3,6-8,11-13H2,1-2H3. The van der Waals surface area contributed by atoms with Gasteiger partial charge in [-0.1, -0.05) is 6.92 Å². The molecule has 2 rings (SSSR count). The van der Waals surface area contributed by atoms with Gasteiger partial charge in [0.15, 0.2) is 0 Å². The summed E-state index contributed by atoms with van der Waals surface area (Å²) < 4.78 is 0. The number of hydrogen-bond acceptors (Lipinski definition) is 3. The van der Waals surface area contributed by atoms with E-state index >= 15 is 0 Å². The Hall–Kier alpha value is -1.91. The minimum absolute atomic E-state index is 0.344. The van der Waals surface area contributed by atoms with Gasteiger partial charge in [0.25, 0.3) is 0 Å². The van der Waals surface area contributed by atoms with E-state index in [9.17, 15) is 9.59 Å². The molecule has 0 radical (unpaired) electrons. The normalized spacial score (nSPS) is 15.6. The maximum absolute atomic E-state index is 12.4. The number of piperidine rings is 1. The molecule has 0 aliphatic carbocycles. The average molecular weight is 303 g/mol. The summed E-state index contributed by atoms with van der Waals surface area (Å²) in [4.78, 5) is 32.1. The second kappa shape index (κ2) is 7.92. The van der Waals surface area contributed by atoms with Crippen LogP contribution in [-0.4, -0.2) is 52.8 Å². The van der Waals surface area contributed by atoms with Crippen LogP contribution in [0.15, 0.2) is 24.5 Å². The first kappa shape index (κ1) is 16.5. The predicted molar refractivity (Wildman–Crippen MR) is 85.2 cm³/mol. The smallest absolute Gasteiger partial charge is 0.312 e. The number of nitrogens with zero attached hydrogens (tertiary/aromatic N) is 3. The maximum Gasteiger partial charge on any atom is 0.312 e. The Kier molecular flexibility index (Phi) is 5.92. The van der Waals surface area contributed by atoms with Crippen molar-refractivity contribution in [2.45, 2.75) is 33.1 Å². The topological polar surface area (TPSA) is 53.5 Å². The van der Waals surface area contributed by atoms with Gasteiger partial charge in [0, 0.05) is 38.6 Å². The highest BCUT2D eigenvalue weighted by Crippen LogP contribution is 2.16. The van der Waals surface area contributed by atoms with Gasteiger partial charge < -0.3 is 9.80 Å². The van der Waals surface area contributed by atoms with Gasteiger partial charge in [-0.05, 0) is 49.8 Å². The molecule has 0 saturated carbocycles. The van der Waals surface area contributed by atoms with E-state index in [1.807, 2.05) is 19.1 Å². The third kappa shape index (κ3) is 4.29. The van der Waals surface area contributed by atoms with Crippen molar-refractivity contribution in [3.05, 3.63) is 30.1 Å². The third-order valence-electron chi connectivity index (χ3n) is 4.34. The van der Waals surface area contributed by atoms with Crippen molar-refractivity contribution in [2.24, 2.45) is 5.92 Å². The monoisotopic (exact) mass is 303 g/mol. The SMILES string of the molecule is CCN(CCc1ccncc1)C(=O)C(=O)N1CCC(C)CC1. The number of pyridine rings is 1. The van der Waals surface area contributed by atoms with E-state index in [4.69, 9.17) is 0 Å². The average Bonchev–Trinajstić information content (AvgIpc) is 2.56. The highest BCUT2D eigenvalue weighted by Gasteiger charge is 2.28. The fraction of sp³-hybridized carbons (Fsp3) is 0.588. The molecule has 1 fully saturated rings. The zero-order valence-electron chi connectivity index (χ0n) is 13.5. The van der Waals surface area contributed by atoms with Gasteiger partial charge in [-0.25, -0.2) is 0 Å². The molecule has 0 bridgehead atoms. The molecule has 0 unspecified atom stereocenters. The summed E-state index contributed by atoms with van der Waals surface area (Å²) in [6.07, 6.45) is 6.21.